The molecular weight excluding hydrogens is 655 g/mol. The normalized spacial score (nSPS) is 12.1. The molecule has 0 radical (unpaired) electrons. The zero-order valence-electron chi connectivity index (χ0n) is 25.3. The van der Waals surface area contributed by atoms with Crippen LogP contribution in [0.4, 0.5) is 24.5 Å². The molecule has 3 amide bonds. The summed E-state index contributed by atoms with van der Waals surface area (Å²) < 4.78 is 51.3. The van der Waals surface area contributed by atoms with Crippen LogP contribution in [0.15, 0.2) is 102 Å². The van der Waals surface area contributed by atoms with Crippen LogP contribution in [0, 0.1) is 0 Å². The largest absolute Gasteiger partial charge is 0.493 e. The van der Waals surface area contributed by atoms with E-state index >= 15 is 0 Å². The molecule has 0 aliphatic heterocycles. The van der Waals surface area contributed by atoms with E-state index in [1.54, 1.807) is 72.8 Å². The maximum atomic E-state index is 13.6. The van der Waals surface area contributed by atoms with Crippen molar-refractivity contribution in [2.24, 2.45) is 0 Å². The Morgan fingerprint density at radius 3 is 2.28 bits per heavy atom. The lowest BCUT2D eigenvalue weighted by atomic mass is 10.1. The van der Waals surface area contributed by atoms with Gasteiger partial charge < -0.3 is 25.4 Å². The number of thioether (sulfide) groups is 1. The number of rotatable bonds is 11. The molecule has 0 aromatic heterocycles. The predicted molar refractivity (Wildman–Crippen MR) is 177 cm³/mol. The van der Waals surface area contributed by atoms with Gasteiger partial charge in [0.15, 0.2) is 11.5 Å². The Balaban J connectivity index is 1.54. The van der Waals surface area contributed by atoms with Crippen LogP contribution in [-0.4, -0.2) is 37.2 Å². The summed E-state index contributed by atoms with van der Waals surface area (Å²) in [6.45, 7) is 1.54. The van der Waals surface area contributed by atoms with E-state index in [2.05, 4.69) is 16.0 Å². The molecule has 3 N–H and O–H groups in total. The number of nitrogens with one attached hydrogen (secondary N) is 3. The number of anilines is 2. The van der Waals surface area contributed by atoms with Crippen molar-refractivity contribution in [1.29, 1.82) is 0 Å². The molecule has 13 heteroatoms. The SMILES string of the molecule is COc1cccc(/C=C(/NC(=O)c2ccccc2)C(=O)Nc2cccc(SC(C)C(=O)Nc3ccc(Cl)cc3C(F)(F)F)c2)c1OC. The van der Waals surface area contributed by atoms with Gasteiger partial charge >= 0.3 is 6.18 Å². The van der Waals surface area contributed by atoms with Crippen molar-refractivity contribution in [2.45, 2.75) is 23.2 Å². The number of para-hydroxylation sites is 1. The first-order valence-electron chi connectivity index (χ1n) is 13.9. The van der Waals surface area contributed by atoms with Crippen LogP contribution in [-0.2, 0) is 15.8 Å². The van der Waals surface area contributed by atoms with Crippen LogP contribution >= 0.6 is 23.4 Å². The summed E-state index contributed by atoms with van der Waals surface area (Å²) in [6, 6.07) is 23.1. The first kappa shape index (κ1) is 34.9. The summed E-state index contributed by atoms with van der Waals surface area (Å²) in [5.74, 6) is -1.08. The Morgan fingerprint density at radius 2 is 1.60 bits per heavy atom. The second kappa shape index (κ2) is 15.6. The van der Waals surface area contributed by atoms with Crippen molar-refractivity contribution in [2.75, 3.05) is 24.9 Å². The van der Waals surface area contributed by atoms with E-state index in [-0.39, 0.29) is 10.7 Å². The van der Waals surface area contributed by atoms with E-state index in [1.165, 1.54) is 33.3 Å². The van der Waals surface area contributed by atoms with Crippen LogP contribution in [0.1, 0.15) is 28.4 Å². The smallest absolute Gasteiger partial charge is 0.418 e. The van der Waals surface area contributed by atoms with Gasteiger partial charge in [-0.2, -0.15) is 13.2 Å². The zero-order valence-corrected chi connectivity index (χ0v) is 26.8. The quantitative estimate of drug-likeness (QED) is 0.110. The van der Waals surface area contributed by atoms with Crippen molar-refractivity contribution in [3.63, 3.8) is 0 Å². The maximum Gasteiger partial charge on any atom is 0.418 e. The number of carbonyl (C=O) groups is 3. The van der Waals surface area contributed by atoms with Gasteiger partial charge in [-0.05, 0) is 67.6 Å². The maximum absolute atomic E-state index is 13.6. The molecule has 0 saturated heterocycles. The number of alkyl halides is 3. The molecule has 0 aliphatic carbocycles. The Bertz CT molecular complexity index is 1800. The lowest BCUT2D eigenvalue weighted by Crippen LogP contribution is -2.30. The molecule has 4 aromatic rings. The minimum absolute atomic E-state index is 0.0976. The fraction of sp³-hybridized carbons (Fsp3) is 0.147. The summed E-state index contributed by atoms with van der Waals surface area (Å²) >= 11 is 6.81. The van der Waals surface area contributed by atoms with E-state index in [4.69, 9.17) is 21.1 Å². The molecule has 4 rings (SSSR count). The van der Waals surface area contributed by atoms with E-state index in [0.29, 0.717) is 33.2 Å². The number of amides is 3. The Labute approximate surface area is 278 Å². The van der Waals surface area contributed by atoms with E-state index in [0.717, 1.165) is 23.9 Å². The van der Waals surface area contributed by atoms with Crippen LogP contribution in [0.5, 0.6) is 11.5 Å². The molecule has 244 valence electrons. The Kier molecular flexibility index (Phi) is 11.6. The Morgan fingerprint density at radius 1 is 0.872 bits per heavy atom. The number of methoxy groups -OCH3 is 2. The van der Waals surface area contributed by atoms with Crippen LogP contribution in [0.3, 0.4) is 0 Å². The fourth-order valence-corrected chi connectivity index (χ4v) is 5.42. The minimum Gasteiger partial charge on any atom is -0.493 e. The molecule has 47 heavy (non-hydrogen) atoms. The van der Waals surface area contributed by atoms with Crippen molar-refractivity contribution in [3.8, 4) is 11.5 Å². The van der Waals surface area contributed by atoms with Crippen molar-refractivity contribution in [1.82, 2.24) is 5.32 Å². The van der Waals surface area contributed by atoms with Gasteiger partial charge in [-0.3, -0.25) is 14.4 Å². The van der Waals surface area contributed by atoms with Gasteiger partial charge in [-0.1, -0.05) is 48.0 Å². The number of carbonyl (C=O) groups excluding carboxylic acids is 3. The molecule has 4 aromatic carbocycles. The summed E-state index contributed by atoms with van der Waals surface area (Å²) in [5.41, 5.74) is -0.444. The number of halogens is 4. The second-order valence-electron chi connectivity index (χ2n) is 9.88. The summed E-state index contributed by atoms with van der Waals surface area (Å²) in [6.07, 6.45) is -3.27. The average Bonchev–Trinajstić information content (AvgIpc) is 3.05. The third-order valence-electron chi connectivity index (χ3n) is 6.58. The number of hydrogen-bond acceptors (Lipinski definition) is 6. The molecule has 0 bridgehead atoms. The number of hydrogen-bond donors (Lipinski definition) is 3. The van der Waals surface area contributed by atoms with E-state index in [9.17, 15) is 27.6 Å². The first-order chi connectivity index (χ1) is 22.4. The Hall–Kier alpha value is -4.94. The van der Waals surface area contributed by atoms with Gasteiger partial charge in [0.05, 0.1) is 30.7 Å². The van der Waals surface area contributed by atoms with Crippen LogP contribution < -0.4 is 25.4 Å². The predicted octanol–water partition coefficient (Wildman–Crippen LogP) is 7.90. The van der Waals surface area contributed by atoms with Crippen LogP contribution in [0.2, 0.25) is 5.02 Å². The molecule has 0 spiro atoms. The topological polar surface area (TPSA) is 106 Å². The van der Waals surface area contributed by atoms with Crippen molar-refractivity contribution in [3.05, 3.63) is 118 Å². The molecular formula is C34H29ClF3N3O5S. The second-order valence-corrected chi connectivity index (χ2v) is 11.7. The standard InChI is InChI=1S/C34H29ClF3N3O5S/c1-20(31(42)40-27-16-15-23(35)18-26(27)34(36,37)38)47-25-13-8-12-24(19-25)39-33(44)28(41-32(43)21-9-5-4-6-10-21)17-22-11-7-14-29(45-2)30(22)46-3/h4-20H,1-3H3,(H,39,44)(H,40,42)(H,41,43)/b28-17+. The monoisotopic (exact) mass is 683 g/mol. The highest BCUT2D eigenvalue weighted by atomic mass is 35.5. The first-order valence-corrected chi connectivity index (χ1v) is 15.2. The lowest BCUT2D eigenvalue weighted by molar-refractivity contribution is -0.137. The summed E-state index contributed by atoms with van der Waals surface area (Å²) in [5, 5.41) is 6.80. The minimum atomic E-state index is -4.72. The molecule has 0 heterocycles. The molecule has 8 nitrogen and oxygen atoms in total. The highest BCUT2D eigenvalue weighted by Crippen LogP contribution is 2.37. The zero-order chi connectivity index (χ0) is 34.1. The van der Waals surface area contributed by atoms with Gasteiger partial charge in [0.1, 0.15) is 5.70 Å². The van der Waals surface area contributed by atoms with Crippen molar-refractivity contribution < 1.29 is 37.0 Å². The van der Waals surface area contributed by atoms with E-state index in [1.807, 2.05) is 0 Å². The van der Waals surface area contributed by atoms with Crippen molar-refractivity contribution >= 4 is 58.5 Å². The fourth-order valence-electron chi connectivity index (χ4n) is 4.32. The van der Waals surface area contributed by atoms with Crippen LogP contribution in [0.25, 0.3) is 6.08 Å². The highest BCUT2D eigenvalue weighted by molar-refractivity contribution is 8.00. The number of benzene rings is 4. The van der Waals surface area contributed by atoms with Gasteiger partial charge in [-0.15, -0.1) is 11.8 Å². The molecule has 0 aliphatic rings. The molecule has 1 atom stereocenters. The summed E-state index contributed by atoms with van der Waals surface area (Å²) in [7, 11) is 2.93. The average molecular weight is 684 g/mol. The van der Waals surface area contributed by atoms with Gasteiger partial charge in [0.2, 0.25) is 5.91 Å². The third kappa shape index (κ3) is 9.30. The van der Waals surface area contributed by atoms with Gasteiger partial charge in [0, 0.05) is 26.7 Å². The lowest BCUT2D eigenvalue weighted by Gasteiger charge is -2.17. The highest BCUT2D eigenvalue weighted by Gasteiger charge is 2.34. The molecule has 1 unspecified atom stereocenters. The third-order valence-corrected chi connectivity index (χ3v) is 7.91. The van der Waals surface area contributed by atoms with Gasteiger partial charge in [0.25, 0.3) is 11.8 Å². The molecule has 0 fully saturated rings. The number of ether oxygens (including phenoxy) is 2. The van der Waals surface area contributed by atoms with Gasteiger partial charge in [-0.25, -0.2) is 0 Å². The summed E-state index contributed by atoms with van der Waals surface area (Å²) in [4.78, 5) is 40.0. The van der Waals surface area contributed by atoms with E-state index < -0.39 is 40.4 Å². The molecule has 0 saturated carbocycles.